The predicted octanol–water partition coefficient (Wildman–Crippen LogP) is 3.81. The summed E-state index contributed by atoms with van der Waals surface area (Å²) < 4.78 is 0. The van der Waals surface area contributed by atoms with Crippen LogP contribution < -0.4 is 0 Å². The predicted molar refractivity (Wildman–Crippen MR) is 60.6 cm³/mol. The summed E-state index contributed by atoms with van der Waals surface area (Å²) in [4.78, 5) is 5.13. The second kappa shape index (κ2) is 4.09. The number of aromatic nitrogens is 1. The van der Waals surface area contributed by atoms with Crippen LogP contribution >= 0.6 is 27.3 Å². The van der Waals surface area contributed by atoms with E-state index >= 15 is 0 Å². The summed E-state index contributed by atoms with van der Waals surface area (Å²) in [6.07, 6.45) is 3.91. The Morgan fingerprint density at radius 1 is 1.54 bits per heavy atom. The van der Waals surface area contributed by atoms with E-state index in [2.05, 4.69) is 33.2 Å². The van der Waals surface area contributed by atoms with Crippen molar-refractivity contribution in [1.82, 2.24) is 4.98 Å². The van der Waals surface area contributed by atoms with Gasteiger partial charge in [-0.2, -0.15) is 0 Å². The summed E-state index contributed by atoms with van der Waals surface area (Å²) in [6.45, 7) is 2.35. The van der Waals surface area contributed by atoms with Gasteiger partial charge in [0.05, 0.1) is 11.2 Å². The molecule has 0 spiro atoms. The van der Waals surface area contributed by atoms with Gasteiger partial charge in [0.1, 0.15) is 0 Å². The van der Waals surface area contributed by atoms with Gasteiger partial charge in [-0.05, 0) is 25.2 Å². The maximum absolute atomic E-state index is 4.42. The highest BCUT2D eigenvalue weighted by molar-refractivity contribution is 9.09. The highest BCUT2D eigenvalue weighted by atomic mass is 79.9. The Labute approximate surface area is 91.7 Å². The molecule has 2 rings (SSSR count). The molecule has 0 amide bonds. The Bertz CT molecular complexity index is 260. The highest BCUT2D eigenvalue weighted by Crippen LogP contribution is 2.39. The van der Waals surface area contributed by atoms with E-state index in [-0.39, 0.29) is 0 Å². The van der Waals surface area contributed by atoms with Crippen LogP contribution in [0.15, 0.2) is 10.9 Å². The van der Waals surface area contributed by atoms with Gasteiger partial charge >= 0.3 is 0 Å². The fraction of sp³-hybridized carbons (Fsp3) is 0.700. The Kier molecular flexibility index (Phi) is 3.04. The standard InChI is InChI=1S/C10H14BrNS/c1-7-2-3-8(11)4-9(7)10-5-13-6-12-10/h5-9H,2-4H2,1H3. The van der Waals surface area contributed by atoms with Crippen LogP contribution in [-0.2, 0) is 0 Å². The highest BCUT2D eigenvalue weighted by Gasteiger charge is 2.28. The molecular weight excluding hydrogens is 246 g/mol. The summed E-state index contributed by atoms with van der Waals surface area (Å²) in [5, 5.41) is 2.20. The molecule has 1 aromatic heterocycles. The van der Waals surface area contributed by atoms with Crippen molar-refractivity contribution in [3.63, 3.8) is 0 Å². The maximum Gasteiger partial charge on any atom is 0.0794 e. The molecule has 1 aliphatic rings. The Balaban J connectivity index is 2.12. The number of hydrogen-bond acceptors (Lipinski definition) is 2. The van der Waals surface area contributed by atoms with E-state index in [1.54, 1.807) is 11.3 Å². The molecular formula is C10H14BrNS. The molecule has 0 radical (unpaired) electrons. The van der Waals surface area contributed by atoms with Gasteiger partial charge in [-0.15, -0.1) is 11.3 Å². The third kappa shape index (κ3) is 2.13. The van der Waals surface area contributed by atoms with Crippen molar-refractivity contribution in [2.45, 2.75) is 36.9 Å². The average Bonchev–Trinajstić information content (AvgIpc) is 2.61. The van der Waals surface area contributed by atoms with Gasteiger partial charge in [-0.25, -0.2) is 4.98 Å². The van der Waals surface area contributed by atoms with Gasteiger partial charge in [-0.3, -0.25) is 0 Å². The van der Waals surface area contributed by atoms with Crippen LogP contribution in [-0.4, -0.2) is 9.81 Å². The zero-order valence-electron chi connectivity index (χ0n) is 7.74. The zero-order chi connectivity index (χ0) is 9.26. The quantitative estimate of drug-likeness (QED) is 0.700. The smallest absolute Gasteiger partial charge is 0.0794 e. The molecule has 13 heavy (non-hydrogen) atoms. The molecule has 1 nitrogen and oxygen atoms in total. The van der Waals surface area contributed by atoms with Crippen LogP contribution in [0.25, 0.3) is 0 Å². The first kappa shape index (κ1) is 9.66. The lowest BCUT2D eigenvalue weighted by molar-refractivity contribution is 0.336. The van der Waals surface area contributed by atoms with E-state index in [1.807, 2.05) is 5.51 Å². The van der Waals surface area contributed by atoms with E-state index in [0.29, 0.717) is 10.7 Å². The van der Waals surface area contributed by atoms with E-state index in [1.165, 1.54) is 25.0 Å². The summed E-state index contributed by atoms with van der Waals surface area (Å²) in [5.41, 5.74) is 3.25. The molecule has 0 N–H and O–H groups in total. The molecule has 1 aliphatic carbocycles. The number of halogens is 1. The molecule has 1 heterocycles. The second-order valence-electron chi connectivity index (χ2n) is 3.91. The van der Waals surface area contributed by atoms with E-state index in [4.69, 9.17) is 0 Å². The third-order valence-electron chi connectivity index (χ3n) is 2.96. The van der Waals surface area contributed by atoms with Crippen LogP contribution in [0.4, 0.5) is 0 Å². The van der Waals surface area contributed by atoms with Crippen molar-refractivity contribution in [2.24, 2.45) is 5.92 Å². The van der Waals surface area contributed by atoms with Crippen LogP contribution in [0.2, 0.25) is 0 Å². The normalized spacial score (nSPS) is 34.8. The summed E-state index contributed by atoms with van der Waals surface area (Å²) >= 11 is 5.43. The van der Waals surface area contributed by atoms with Crippen LogP contribution in [0, 0.1) is 5.92 Å². The number of hydrogen-bond donors (Lipinski definition) is 0. The maximum atomic E-state index is 4.42. The van der Waals surface area contributed by atoms with Crippen molar-refractivity contribution in [3.8, 4) is 0 Å². The van der Waals surface area contributed by atoms with Gasteiger partial charge in [-0.1, -0.05) is 22.9 Å². The molecule has 1 saturated carbocycles. The van der Waals surface area contributed by atoms with Gasteiger partial charge in [0.25, 0.3) is 0 Å². The zero-order valence-corrected chi connectivity index (χ0v) is 10.1. The monoisotopic (exact) mass is 259 g/mol. The number of rotatable bonds is 1. The van der Waals surface area contributed by atoms with Crippen molar-refractivity contribution in [2.75, 3.05) is 0 Å². The fourth-order valence-corrected chi connectivity index (χ4v) is 3.37. The molecule has 72 valence electrons. The minimum absolute atomic E-state index is 0.685. The Morgan fingerprint density at radius 3 is 3.08 bits per heavy atom. The molecule has 0 aliphatic heterocycles. The SMILES string of the molecule is CC1CCC(Br)CC1c1cscn1. The first-order valence-electron chi connectivity index (χ1n) is 4.79. The minimum Gasteiger partial charge on any atom is -0.249 e. The van der Waals surface area contributed by atoms with Crippen LogP contribution in [0.3, 0.4) is 0 Å². The van der Waals surface area contributed by atoms with Crippen molar-refractivity contribution >= 4 is 27.3 Å². The Morgan fingerprint density at radius 2 is 2.38 bits per heavy atom. The van der Waals surface area contributed by atoms with Crippen LogP contribution in [0.1, 0.15) is 37.8 Å². The van der Waals surface area contributed by atoms with Gasteiger partial charge < -0.3 is 0 Å². The fourth-order valence-electron chi connectivity index (χ4n) is 2.09. The number of nitrogens with zero attached hydrogens (tertiary/aromatic N) is 1. The summed E-state index contributed by atoms with van der Waals surface area (Å²) in [7, 11) is 0. The van der Waals surface area contributed by atoms with Gasteiger partial charge in [0.15, 0.2) is 0 Å². The minimum atomic E-state index is 0.685. The lowest BCUT2D eigenvalue weighted by atomic mass is 9.79. The molecule has 0 saturated heterocycles. The van der Waals surface area contributed by atoms with Crippen LogP contribution in [0.5, 0.6) is 0 Å². The average molecular weight is 260 g/mol. The number of alkyl halides is 1. The van der Waals surface area contributed by atoms with Crippen molar-refractivity contribution in [1.29, 1.82) is 0 Å². The number of thiazole rings is 1. The first-order chi connectivity index (χ1) is 6.27. The van der Waals surface area contributed by atoms with E-state index < -0.39 is 0 Å². The second-order valence-corrected chi connectivity index (χ2v) is 5.92. The molecule has 3 atom stereocenters. The lowest BCUT2D eigenvalue weighted by Crippen LogP contribution is -2.21. The van der Waals surface area contributed by atoms with Gasteiger partial charge in [0.2, 0.25) is 0 Å². The van der Waals surface area contributed by atoms with Crippen molar-refractivity contribution in [3.05, 3.63) is 16.6 Å². The molecule has 1 aromatic rings. The largest absolute Gasteiger partial charge is 0.249 e. The summed E-state index contributed by atoms with van der Waals surface area (Å²) in [6, 6.07) is 0. The summed E-state index contributed by atoms with van der Waals surface area (Å²) in [5.74, 6) is 1.49. The third-order valence-corrected chi connectivity index (χ3v) is 4.40. The first-order valence-corrected chi connectivity index (χ1v) is 6.65. The Hall–Kier alpha value is 0.110. The molecule has 3 unspecified atom stereocenters. The molecule has 0 aromatic carbocycles. The topological polar surface area (TPSA) is 12.9 Å². The van der Waals surface area contributed by atoms with E-state index in [9.17, 15) is 0 Å². The van der Waals surface area contributed by atoms with E-state index in [0.717, 1.165) is 5.92 Å². The van der Waals surface area contributed by atoms with Gasteiger partial charge in [0, 0.05) is 16.1 Å². The lowest BCUT2D eigenvalue weighted by Gasteiger charge is -2.30. The van der Waals surface area contributed by atoms with Crippen molar-refractivity contribution < 1.29 is 0 Å². The molecule has 3 heteroatoms. The molecule has 0 bridgehead atoms. The molecule has 1 fully saturated rings.